The molecule has 0 spiro atoms. The summed E-state index contributed by atoms with van der Waals surface area (Å²) in [5, 5.41) is 3.65. The van der Waals surface area contributed by atoms with Crippen LogP contribution in [0, 0.1) is 6.92 Å². The predicted molar refractivity (Wildman–Crippen MR) is 78.7 cm³/mol. The number of aryl methyl sites for hydroxylation is 1. The molecule has 6 heteroatoms. The van der Waals surface area contributed by atoms with Gasteiger partial charge < -0.3 is 4.74 Å². The van der Waals surface area contributed by atoms with E-state index in [0.717, 1.165) is 15.8 Å². The Morgan fingerprint density at radius 1 is 1.16 bits per heavy atom. The van der Waals surface area contributed by atoms with Crippen LogP contribution in [-0.4, -0.2) is 9.97 Å². The van der Waals surface area contributed by atoms with Gasteiger partial charge in [-0.1, -0.05) is 11.6 Å². The second-order valence-electron chi connectivity index (χ2n) is 3.95. The van der Waals surface area contributed by atoms with Crippen LogP contribution < -0.4 is 4.74 Å². The molecule has 1 aromatic carbocycles. The maximum atomic E-state index is 5.99. The minimum atomic E-state index is 0.177. The number of benzene rings is 1. The molecule has 3 nitrogen and oxygen atoms in total. The minimum absolute atomic E-state index is 0.177. The number of halogens is 2. The van der Waals surface area contributed by atoms with Gasteiger partial charge in [0, 0.05) is 5.02 Å². The Bertz CT molecular complexity index is 757. The molecule has 0 fully saturated rings. The third-order valence-electron chi connectivity index (χ3n) is 2.61. The number of aromatic nitrogens is 2. The van der Waals surface area contributed by atoms with Crippen molar-refractivity contribution in [2.45, 2.75) is 6.92 Å². The van der Waals surface area contributed by atoms with Crippen LogP contribution in [0.5, 0.6) is 11.6 Å². The van der Waals surface area contributed by atoms with Gasteiger partial charge >= 0.3 is 0 Å². The van der Waals surface area contributed by atoms with Gasteiger partial charge in [0.25, 0.3) is 0 Å². The summed E-state index contributed by atoms with van der Waals surface area (Å²) in [4.78, 5) is 9.07. The van der Waals surface area contributed by atoms with Gasteiger partial charge in [-0.25, -0.2) is 4.98 Å². The lowest BCUT2D eigenvalue weighted by Crippen LogP contribution is -1.91. The highest BCUT2D eigenvalue weighted by atomic mass is 35.5. The van der Waals surface area contributed by atoms with Crippen LogP contribution in [0.1, 0.15) is 5.56 Å². The van der Waals surface area contributed by atoms with Crippen LogP contribution in [0.3, 0.4) is 0 Å². The van der Waals surface area contributed by atoms with Crippen LogP contribution in [-0.2, 0) is 0 Å². The molecule has 0 atom stereocenters. The zero-order chi connectivity index (χ0) is 13.4. The van der Waals surface area contributed by atoms with E-state index in [1.54, 1.807) is 12.1 Å². The normalized spacial score (nSPS) is 10.9. The summed E-state index contributed by atoms with van der Waals surface area (Å²) in [6.07, 6.45) is 0. The predicted octanol–water partition coefficient (Wildman–Crippen LogP) is 5.10. The van der Waals surface area contributed by atoms with E-state index in [1.807, 2.05) is 24.4 Å². The van der Waals surface area contributed by atoms with E-state index in [1.165, 1.54) is 11.3 Å². The van der Waals surface area contributed by atoms with Crippen LogP contribution in [0.2, 0.25) is 10.3 Å². The van der Waals surface area contributed by atoms with Gasteiger partial charge in [-0.3, -0.25) is 0 Å². The molecular formula is C13H8Cl2N2OS. The fourth-order valence-corrected chi connectivity index (χ4v) is 2.76. The summed E-state index contributed by atoms with van der Waals surface area (Å²) in [6, 6.07) is 7.36. The lowest BCUT2D eigenvalue weighted by Gasteiger charge is -2.07. The maximum Gasteiger partial charge on any atom is 0.232 e. The highest BCUT2D eigenvalue weighted by molar-refractivity contribution is 7.16. The molecule has 2 aromatic heterocycles. The summed E-state index contributed by atoms with van der Waals surface area (Å²) in [6.45, 7) is 1.92. The number of fused-ring (bicyclic) bond motifs is 1. The van der Waals surface area contributed by atoms with E-state index in [9.17, 15) is 0 Å². The second kappa shape index (κ2) is 4.96. The molecule has 3 rings (SSSR count). The third-order valence-corrected chi connectivity index (χ3v) is 4.01. The van der Waals surface area contributed by atoms with E-state index in [4.69, 9.17) is 27.9 Å². The van der Waals surface area contributed by atoms with E-state index < -0.39 is 0 Å². The molecule has 0 N–H and O–H groups in total. The molecule has 3 aromatic rings. The molecule has 0 radical (unpaired) electrons. The molecule has 0 aliphatic rings. The molecule has 0 amide bonds. The molecule has 0 unspecified atom stereocenters. The SMILES string of the molecule is Cc1cc(Oc2nc(Cl)nc3sccc23)ccc1Cl. The smallest absolute Gasteiger partial charge is 0.232 e. The molecule has 0 aliphatic heterocycles. The Labute approximate surface area is 123 Å². The summed E-state index contributed by atoms with van der Waals surface area (Å²) in [5.41, 5.74) is 0.945. The second-order valence-corrected chi connectivity index (χ2v) is 5.59. The quantitative estimate of drug-likeness (QED) is 0.618. The van der Waals surface area contributed by atoms with Crippen molar-refractivity contribution in [1.29, 1.82) is 0 Å². The molecule has 19 heavy (non-hydrogen) atoms. The first-order valence-electron chi connectivity index (χ1n) is 5.48. The average molecular weight is 311 g/mol. The highest BCUT2D eigenvalue weighted by Gasteiger charge is 2.10. The number of nitrogens with zero attached hydrogens (tertiary/aromatic N) is 2. The topological polar surface area (TPSA) is 35.0 Å². The number of hydrogen-bond acceptors (Lipinski definition) is 4. The first kappa shape index (κ1) is 12.7. The van der Waals surface area contributed by atoms with Crippen LogP contribution >= 0.6 is 34.5 Å². The number of rotatable bonds is 2. The van der Waals surface area contributed by atoms with Crippen LogP contribution in [0.15, 0.2) is 29.6 Å². The molecular weight excluding hydrogens is 303 g/mol. The van der Waals surface area contributed by atoms with Crippen LogP contribution in [0.4, 0.5) is 0 Å². The van der Waals surface area contributed by atoms with E-state index >= 15 is 0 Å². The van der Waals surface area contributed by atoms with Gasteiger partial charge in [-0.05, 0) is 53.7 Å². The summed E-state index contributed by atoms with van der Waals surface area (Å²) in [7, 11) is 0. The zero-order valence-electron chi connectivity index (χ0n) is 9.85. The van der Waals surface area contributed by atoms with E-state index in [0.29, 0.717) is 16.7 Å². The van der Waals surface area contributed by atoms with Crippen molar-refractivity contribution < 1.29 is 4.74 Å². The van der Waals surface area contributed by atoms with Crippen molar-refractivity contribution in [2.75, 3.05) is 0 Å². The third kappa shape index (κ3) is 2.52. The summed E-state index contributed by atoms with van der Waals surface area (Å²) in [5.74, 6) is 1.13. The summed E-state index contributed by atoms with van der Waals surface area (Å²) < 4.78 is 5.78. The number of hydrogen-bond donors (Lipinski definition) is 0. The Morgan fingerprint density at radius 2 is 2.00 bits per heavy atom. The largest absolute Gasteiger partial charge is 0.438 e. The van der Waals surface area contributed by atoms with Gasteiger partial charge in [-0.15, -0.1) is 11.3 Å². The van der Waals surface area contributed by atoms with Crippen molar-refractivity contribution in [3.05, 3.63) is 45.5 Å². The first-order chi connectivity index (χ1) is 9.13. The Kier molecular flexibility index (Phi) is 3.31. The molecule has 0 saturated heterocycles. The fourth-order valence-electron chi connectivity index (χ4n) is 1.67. The van der Waals surface area contributed by atoms with Gasteiger partial charge in [0.15, 0.2) is 0 Å². The maximum absolute atomic E-state index is 5.99. The molecule has 96 valence electrons. The average Bonchev–Trinajstić information content (AvgIpc) is 2.82. The van der Waals surface area contributed by atoms with Gasteiger partial charge in [-0.2, -0.15) is 4.98 Å². The van der Waals surface area contributed by atoms with Gasteiger partial charge in [0.05, 0.1) is 5.39 Å². The minimum Gasteiger partial charge on any atom is -0.438 e. The number of ether oxygens (including phenoxy) is 1. The van der Waals surface area contributed by atoms with Gasteiger partial charge in [0.2, 0.25) is 11.2 Å². The first-order valence-corrected chi connectivity index (χ1v) is 7.12. The molecule has 0 saturated carbocycles. The number of thiophene rings is 1. The van der Waals surface area contributed by atoms with Gasteiger partial charge in [0.1, 0.15) is 10.6 Å². The van der Waals surface area contributed by atoms with Crippen molar-refractivity contribution in [3.8, 4) is 11.6 Å². The van der Waals surface area contributed by atoms with Crippen molar-refractivity contribution in [1.82, 2.24) is 9.97 Å². The Balaban J connectivity index is 2.04. The molecule has 2 heterocycles. The zero-order valence-corrected chi connectivity index (χ0v) is 12.2. The lowest BCUT2D eigenvalue weighted by atomic mass is 10.2. The monoisotopic (exact) mass is 310 g/mol. The summed E-state index contributed by atoms with van der Waals surface area (Å²) >= 11 is 13.4. The highest BCUT2D eigenvalue weighted by Crippen LogP contribution is 2.32. The lowest BCUT2D eigenvalue weighted by molar-refractivity contribution is 0.468. The standard InChI is InChI=1S/C13H8Cl2N2OS/c1-7-6-8(2-3-10(7)14)18-11-9-4-5-19-12(9)17-13(15)16-11/h2-6H,1H3. The Hall–Kier alpha value is -1.36. The fraction of sp³-hybridized carbons (Fsp3) is 0.0769. The Morgan fingerprint density at radius 3 is 2.79 bits per heavy atom. The molecule has 0 bridgehead atoms. The van der Waals surface area contributed by atoms with Crippen molar-refractivity contribution in [3.63, 3.8) is 0 Å². The van der Waals surface area contributed by atoms with E-state index in [2.05, 4.69) is 9.97 Å². The van der Waals surface area contributed by atoms with E-state index in [-0.39, 0.29) is 5.28 Å². The molecule has 0 aliphatic carbocycles. The van der Waals surface area contributed by atoms with Crippen molar-refractivity contribution >= 4 is 44.8 Å². The van der Waals surface area contributed by atoms with Crippen LogP contribution in [0.25, 0.3) is 10.2 Å². The van der Waals surface area contributed by atoms with Crippen molar-refractivity contribution in [2.24, 2.45) is 0 Å².